The molecule has 1 aliphatic heterocycles. The monoisotopic (exact) mass is 301 g/mol. The average molecular weight is 301 g/mol. The van der Waals surface area contributed by atoms with Gasteiger partial charge in [-0.05, 0) is 12.5 Å². The van der Waals surface area contributed by atoms with Gasteiger partial charge in [0.05, 0.1) is 17.9 Å². The van der Waals surface area contributed by atoms with Crippen LogP contribution in [-0.4, -0.2) is 39.9 Å². The van der Waals surface area contributed by atoms with Gasteiger partial charge in [-0.3, -0.25) is 4.79 Å². The summed E-state index contributed by atoms with van der Waals surface area (Å²) in [5, 5.41) is 0.0789. The molecule has 2 atom stereocenters. The maximum atomic E-state index is 14.1. The fourth-order valence-corrected chi connectivity index (χ4v) is 5.07. The van der Waals surface area contributed by atoms with E-state index < -0.39 is 5.82 Å². The van der Waals surface area contributed by atoms with E-state index in [-0.39, 0.29) is 27.7 Å². The number of ether oxygens (including phenoxy) is 1. The van der Waals surface area contributed by atoms with E-state index in [4.69, 9.17) is 4.74 Å². The van der Waals surface area contributed by atoms with Gasteiger partial charge in [-0.15, -0.1) is 11.8 Å². The van der Waals surface area contributed by atoms with Gasteiger partial charge in [0.1, 0.15) is 0 Å². The highest BCUT2D eigenvalue weighted by molar-refractivity contribution is 8.07. The van der Waals surface area contributed by atoms with Crippen molar-refractivity contribution >= 4 is 29.3 Å². The third-order valence-electron chi connectivity index (χ3n) is 3.03. The predicted octanol–water partition coefficient (Wildman–Crippen LogP) is 3.04. The highest BCUT2D eigenvalue weighted by Crippen LogP contribution is 2.36. The van der Waals surface area contributed by atoms with Crippen LogP contribution in [0.15, 0.2) is 12.3 Å². The van der Waals surface area contributed by atoms with E-state index in [1.165, 1.54) is 19.4 Å². The highest BCUT2D eigenvalue weighted by Gasteiger charge is 2.33. The van der Waals surface area contributed by atoms with Crippen molar-refractivity contribution in [3.8, 4) is 5.88 Å². The maximum Gasteiger partial charge on any atom is 0.250 e. The van der Waals surface area contributed by atoms with E-state index in [1.54, 1.807) is 23.5 Å². The minimum Gasteiger partial charge on any atom is -0.479 e. The Kier molecular flexibility index (Phi) is 5.10. The zero-order valence-electron chi connectivity index (χ0n) is 10.9. The number of halogens is 1. The number of pyridine rings is 1. The molecule has 0 bridgehead atoms. The van der Waals surface area contributed by atoms with Crippen LogP contribution in [0.1, 0.15) is 23.7 Å². The Morgan fingerprint density at radius 2 is 2.26 bits per heavy atom. The Labute approximate surface area is 120 Å². The lowest BCUT2D eigenvalue weighted by Gasteiger charge is -2.28. The van der Waals surface area contributed by atoms with E-state index in [0.717, 1.165) is 17.9 Å². The smallest absolute Gasteiger partial charge is 0.250 e. The van der Waals surface area contributed by atoms with E-state index in [9.17, 15) is 9.18 Å². The van der Waals surface area contributed by atoms with Crippen molar-refractivity contribution in [3.63, 3.8) is 0 Å². The second-order valence-electron chi connectivity index (χ2n) is 4.15. The van der Waals surface area contributed by atoms with Gasteiger partial charge < -0.3 is 4.74 Å². The average Bonchev–Trinajstić information content (AvgIpc) is 2.46. The van der Waals surface area contributed by atoms with Crippen LogP contribution in [0, 0.1) is 5.82 Å². The van der Waals surface area contributed by atoms with Gasteiger partial charge in [-0.2, -0.15) is 11.8 Å². The molecule has 1 aromatic rings. The molecule has 104 valence electrons. The van der Waals surface area contributed by atoms with Gasteiger partial charge in [-0.1, -0.05) is 6.92 Å². The number of nitrogens with zero attached hydrogens (tertiary/aromatic N) is 1. The molecule has 3 nitrogen and oxygen atoms in total. The lowest BCUT2D eigenvalue weighted by atomic mass is 10.1. The summed E-state index contributed by atoms with van der Waals surface area (Å²) in [6.45, 7) is 2.06. The molecule has 6 heteroatoms. The van der Waals surface area contributed by atoms with E-state index in [2.05, 4.69) is 11.9 Å². The zero-order chi connectivity index (χ0) is 13.8. The third kappa shape index (κ3) is 3.05. The summed E-state index contributed by atoms with van der Waals surface area (Å²) in [5.74, 6) is 1.06. The maximum absolute atomic E-state index is 14.1. The van der Waals surface area contributed by atoms with Crippen LogP contribution in [0.3, 0.4) is 0 Å². The van der Waals surface area contributed by atoms with Crippen molar-refractivity contribution < 1.29 is 13.9 Å². The van der Waals surface area contributed by atoms with Gasteiger partial charge in [0.15, 0.2) is 11.6 Å². The molecule has 1 aromatic heterocycles. The highest BCUT2D eigenvalue weighted by atomic mass is 32.2. The van der Waals surface area contributed by atoms with Crippen LogP contribution in [0.25, 0.3) is 0 Å². The van der Waals surface area contributed by atoms with Crippen molar-refractivity contribution in [2.24, 2.45) is 0 Å². The summed E-state index contributed by atoms with van der Waals surface area (Å²) in [4.78, 5) is 16.3. The molecule has 19 heavy (non-hydrogen) atoms. The molecule has 2 unspecified atom stereocenters. The first-order valence-corrected chi connectivity index (χ1v) is 8.24. The van der Waals surface area contributed by atoms with Crippen molar-refractivity contribution in [1.82, 2.24) is 4.98 Å². The van der Waals surface area contributed by atoms with Crippen LogP contribution < -0.4 is 4.74 Å². The molecule has 1 aliphatic rings. The number of hydrogen-bond donors (Lipinski definition) is 0. The minimum atomic E-state index is -0.652. The molecular weight excluding hydrogens is 285 g/mol. The quantitative estimate of drug-likeness (QED) is 0.799. The third-order valence-corrected chi connectivity index (χ3v) is 6.27. The number of methoxy groups -OCH3 is 1. The summed E-state index contributed by atoms with van der Waals surface area (Å²) in [6.07, 6.45) is 2.33. The predicted molar refractivity (Wildman–Crippen MR) is 77.9 cm³/mol. The molecule has 0 aliphatic carbocycles. The Morgan fingerprint density at radius 3 is 2.95 bits per heavy atom. The largest absolute Gasteiger partial charge is 0.479 e. The molecule has 0 spiro atoms. The molecule has 0 aromatic carbocycles. The first-order chi connectivity index (χ1) is 9.19. The lowest BCUT2D eigenvalue weighted by Crippen LogP contribution is -2.33. The van der Waals surface area contributed by atoms with Crippen LogP contribution in [0.2, 0.25) is 0 Å². The molecule has 1 saturated heterocycles. The lowest BCUT2D eigenvalue weighted by molar-refractivity contribution is 0.0983. The molecular formula is C13H16FNO2S2. The number of carbonyl (C=O) groups excluding carboxylic acids is 1. The Hall–Kier alpha value is -0.750. The van der Waals surface area contributed by atoms with Crippen molar-refractivity contribution in [2.45, 2.75) is 23.8 Å². The van der Waals surface area contributed by atoms with Crippen LogP contribution in [0.4, 0.5) is 4.39 Å². The number of carbonyl (C=O) groups is 1. The minimum absolute atomic E-state index is 0.0882. The van der Waals surface area contributed by atoms with Gasteiger partial charge in [0.25, 0.3) is 5.88 Å². The van der Waals surface area contributed by atoms with Crippen molar-refractivity contribution in [1.29, 1.82) is 0 Å². The number of hydrogen-bond acceptors (Lipinski definition) is 5. The molecule has 1 fully saturated rings. The number of ketones is 1. The molecule has 2 heterocycles. The second kappa shape index (κ2) is 6.61. The van der Waals surface area contributed by atoms with Gasteiger partial charge in [0, 0.05) is 23.0 Å². The number of Topliss-reactive ketones (excluding diaryl/α,β-unsaturated/α-hetero) is 1. The second-order valence-corrected chi connectivity index (χ2v) is 6.75. The van der Waals surface area contributed by atoms with E-state index in [0.29, 0.717) is 0 Å². The van der Waals surface area contributed by atoms with E-state index >= 15 is 0 Å². The fraction of sp³-hybridized carbons (Fsp3) is 0.538. The topological polar surface area (TPSA) is 39.2 Å². The molecule has 2 rings (SSSR count). The van der Waals surface area contributed by atoms with Crippen LogP contribution in [-0.2, 0) is 0 Å². The number of aromatic nitrogens is 1. The molecule has 0 radical (unpaired) electrons. The first kappa shape index (κ1) is 14.7. The summed E-state index contributed by atoms with van der Waals surface area (Å²) in [5.41, 5.74) is 0.0882. The van der Waals surface area contributed by atoms with Gasteiger partial charge in [0.2, 0.25) is 0 Å². The van der Waals surface area contributed by atoms with Gasteiger partial charge in [-0.25, -0.2) is 9.37 Å². The fourth-order valence-electron chi connectivity index (χ4n) is 2.06. The Bertz CT molecular complexity index is 470. The Balaban J connectivity index is 2.28. The summed E-state index contributed by atoms with van der Waals surface area (Å²) in [6, 6.07) is 1.44. The SMILES string of the molecule is CCC1SCCSC1C(=O)c1ccnc(OC)c1F. The summed E-state index contributed by atoms with van der Waals surface area (Å²) < 4.78 is 18.9. The van der Waals surface area contributed by atoms with E-state index in [1.807, 2.05) is 0 Å². The Morgan fingerprint density at radius 1 is 1.53 bits per heavy atom. The zero-order valence-corrected chi connectivity index (χ0v) is 12.5. The molecule has 0 amide bonds. The van der Waals surface area contributed by atoms with Gasteiger partial charge >= 0.3 is 0 Å². The first-order valence-electron chi connectivity index (χ1n) is 6.15. The molecule has 0 N–H and O–H groups in total. The van der Waals surface area contributed by atoms with Crippen LogP contribution in [0.5, 0.6) is 5.88 Å². The molecule has 0 saturated carbocycles. The van der Waals surface area contributed by atoms with Crippen molar-refractivity contribution in [2.75, 3.05) is 18.6 Å². The normalized spacial score (nSPS) is 23.1. The summed E-state index contributed by atoms with van der Waals surface area (Å²) >= 11 is 3.42. The number of thioether (sulfide) groups is 2. The standard InChI is InChI=1S/C13H16FNO2S2/c1-3-9-12(19-7-6-18-9)11(16)8-4-5-15-13(17-2)10(8)14/h4-5,9,12H,3,6-7H2,1-2H3. The van der Waals surface area contributed by atoms with Crippen LogP contribution >= 0.6 is 23.5 Å². The number of rotatable bonds is 4. The summed E-state index contributed by atoms with van der Waals surface area (Å²) in [7, 11) is 1.35. The van der Waals surface area contributed by atoms with Crippen molar-refractivity contribution in [3.05, 3.63) is 23.6 Å².